The van der Waals surface area contributed by atoms with Crippen molar-refractivity contribution in [2.24, 2.45) is 5.92 Å². The van der Waals surface area contributed by atoms with E-state index in [0.29, 0.717) is 24.3 Å². The molecule has 29 heavy (non-hydrogen) atoms. The van der Waals surface area contributed by atoms with Gasteiger partial charge in [-0.15, -0.1) is 0 Å². The van der Waals surface area contributed by atoms with E-state index in [1.165, 1.54) is 0 Å². The summed E-state index contributed by atoms with van der Waals surface area (Å²) in [6, 6.07) is 7.28. The fourth-order valence-electron chi connectivity index (χ4n) is 4.61. The van der Waals surface area contributed by atoms with Gasteiger partial charge in [0.1, 0.15) is 0 Å². The Hall–Kier alpha value is -2.41. The molecule has 2 aliphatic heterocycles. The van der Waals surface area contributed by atoms with Crippen LogP contribution in [0.3, 0.4) is 0 Å². The molecule has 3 fully saturated rings. The molecule has 0 bridgehead atoms. The Morgan fingerprint density at radius 2 is 1.90 bits per heavy atom. The third-order valence-corrected chi connectivity index (χ3v) is 6.24. The molecule has 0 aromatic heterocycles. The van der Waals surface area contributed by atoms with Crippen molar-refractivity contribution in [2.45, 2.75) is 57.1 Å². The summed E-state index contributed by atoms with van der Waals surface area (Å²) in [6.45, 7) is 1.68. The molecule has 156 valence electrons. The number of benzene rings is 1. The standard InChI is InChI=1S/C22H29N3O4/c26-20-12-15(14-25(20)16-6-1-2-7-16)21(27)24-19-10-4-3-9-18(19)22(28)23-13-17-8-5-11-29-17/h3-4,9-10,15-17H,1-2,5-8,11-14H2,(H,23,28)(H,24,27)/t15-,17-/m0/s1. The van der Waals surface area contributed by atoms with E-state index < -0.39 is 0 Å². The number of nitrogens with one attached hydrogen (secondary N) is 2. The smallest absolute Gasteiger partial charge is 0.253 e. The van der Waals surface area contributed by atoms with Gasteiger partial charge in [-0.3, -0.25) is 14.4 Å². The number of carbonyl (C=O) groups excluding carboxylic acids is 3. The second-order valence-electron chi connectivity index (χ2n) is 8.27. The number of amides is 3. The van der Waals surface area contributed by atoms with Crippen molar-refractivity contribution in [1.82, 2.24) is 10.2 Å². The van der Waals surface area contributed by atoms with Crippen LogP contribution < -0.4 is 10.6 Å². The van der Waals surface area contributed by atoms with E-state index >= 15 is 0 Å². The molecule has 2 heterocycles. The first-order chi connectivity index (χ1) is 14.1. The van der Waals surface area contributed by atoms with Crippen molar-refractivity contribution < 1.29 is 19.1 Å². The highest BCUT2D eigenvalue weighted by Crippen LogP contribution is 2.30. The zero-order valence-electron chi connectivity index (χ0n) is 16.7. The Balaban J connectivity index is 1.37. The predicted octanol–water partition coefficient (Wildman–Crippen LogP) is 2.33. The van der Waals surface area contributed by atoms with Crippen molar-refractivity contribution >= 4 is 23.4 Å². The minimum atomic E-state index is -0.369. The fourth-order valence-corrected chi connectivity index (χ4v) is 4.61. The van der Waals surface area contributed by atoms with Crippen LogP contribution in [0.4, 0.5) is 5.69 Å². The molecule has 0 spiro atoms. The lowest BCUT2D eigenvalue weighted by molar-refractivity contribution is -0.129. The summed E-state index contributed by atoms with van der Waals surface area (Å²) in [5, 5.41) is 5.78. The second kappa shape index (κ2) is 8.95. The van der Waals surface area contributed by atoms with Gasteiger partial charge in [0.05, 0.1) is 23.3 Å². The first-order valence-electron chi connectivity index (χ1n) is 10.7. The maximum Gasteiger partial charge on any atom is 0.253 e. The summed E-state index contributed by atoms with van der Waals surface area (Å²) in [7, 11) is 0. The number of carbonyl (C=O) groups is 3. The summed E-state index contributed by atoms with van der Waals surface area (Å²) in [4.78, 5) is 39.7. The minimum Gasteiger partial charge on any atom is -0.376 e. The Labute approximate surface area is 171 Å². The summed E-state index contributed by atoms with van der Waals surface area (Å²) < 4.78 is 5.54. The number of anilines is 1. The lowest BCUT2D eigenvalue weighted by Gasteiger charge is -2.24. The summed E-state index contributed by atoms with van der Waals surface area (Å²) in [5.74, 6) is -0.726. The van der Waals surface area contributed by atoms with E-state index in [2.05, 4.69) is 10.6 Å². The van der Waals surface area contributed by atoms with Crippen molar-refractivity contribution in [1.29, 1.82) is 0 Å². The molecular formula is C22H29N3O4. The van der Waals surface area contributed by atoms with Crippen LogP contribution in [-0.2, 0) is 14.3 Å². The highest BCUT2D eigenvalue weighted by Gasteiger charge is 2.38. The largest absolute Gasteiger partial charge is 0.376 e. The molecule has 3 amide bonds. The van der Waals surface area contributed by atoms with E-state index in [0.717, 1.165) is 45.1 Å². The molecule has 2 atom stereocenters. The van der Waals surface area contributed by atoms with Crippen molar-refractivity contribution in [3.63, 3.8) is 0 Å². The normalized spacial score (nSPS) is 24.8. The average molecular weight is 399 g/mol. The van der Waals surface area contributed by atoms with Gasteiger partial charge in [0.25, 0.3) is 5.91 Å². The van der Waals surface area contributed by atoms with E-state index in [1.807, 2.05) is 4.90 Å². The van der Waals surface area contributed by atoms with Crippen molar-refractivity contribution in [3.05, 3.63) is 29.8 Å². The molecular weight excluding hydrogens is 370 g/mol. The Kier molecular flexibility index (Phi) is 6.13. The van der Waals surface area contributed by atoms with Crippen molar-refractivity contribution in [2.75, 3.05) is 25.0 Å². The SMILES string of the molecule is O=C(NC[C@@H]1CCCO1)c1ccccc1NC(=O)[C@H]1CC(=O)N(C2CCCC2)C1. The predicted molar refractivity (Wildman–Crippen MR) is 108 cm³/mol. The highest BCUT2D eigenvalue weighted by atomic mass is 16.5. The number of nitrogens with zero attached hydrogens (tertiary/aromatic N) is 1. The third-order valence-electron chi connectivity index (χ3n) is 6.24. The number of ether oxygens (including phenoxy) is 1. The first-order valence-corrected chi connectivity index (χ1v) is 10.7. The first kappa shape index (κ1) is 19.9. The lowest BCUT2D eigenvalue weighted by Crippen LogP contribution is -2.36. The molecule has 1 aromatic carbocycles. The van der Waals surface area contributed by atoms with Gasteiger partial charge in [-0.1, -0.05) is 25.0 Å². The molecule has 2 N–H and O–H groups in total. The quantitative estimate of drug-likeness (QED) is 0.769. The maximum atomic E-state index is 12.8. The van der Waals surface area contributed by atoms with E-state index in [1.54, 1.807) is 24.3 Å². The zero-order chi connectivity index (χ0) is 20.2. The van der Waals surface area contributed by atoms with Crippen LogP contribution in [0, 0.1) is 5.92 Å². The average Bonchev–Trinajstić information content (AvgIpc) is 3.48. The molecule has 7 nitrogen and oxygen atoms in total. The zero-order valence-corrected chi connectivity index (χ0v) is 16.7. The Morgan fingerprint density at radius 1 is 1.10 bits per heavy atom. The number of para-hydroxylation sites is 1. The minimum absolute atomic E-state index is 0.0618. The molecule has 4 rings (SSSR count). The van der Waals surface area contributed by atoms with Crippen LogP contribution in [0.1, 0.15) is 55.3 Å². The number of hydrogen-bond donors (Lipinski definition) is 2. The maximum absolute atomic E-state index is 12.8. The van der Waals surface area contributed by atoms with Gasteiger partial charge in [-0.2, -0.15) is 0 Å². The molecule has 1 saturated carbocycles. The topological polar surface area (TPSA) is 87.7 Å². The molecule has 7 heteroatoms. The van der Waals surface area contributed by atoms with E-state index in [9.17, 15) is 14.4 Å². The van der Waals surface area contributed by atoms with Crippen LogP contribution >= 0.6 is 0 Å². The van der Waals surface area contributed by atoms with Crippen molar-refractivity contribution in [3.8, 4) is 0 Å². The lowest BCUT2D eigenvalue weighted by atomic mass is 10.1. The number of hydrogen-bond acceptors (Lipinski definition) is 4. The van der Waals surface area contributed by atoms with Crippen LogP contribution in [0.2, 0.25) is 0 Å². The van der Waals surface area contributed by atoms with E-state index in [4.69, 9.17) is 4.74 Å². The monoisotopic (exact) mass is 399 g/mol. The van der Waals surface area contributed by atoms with Gasteiger partial charge in [-0.05, 0) is 37.8 Å². The van der Waals surface area contributed by atoms with Crippen LogP contribution in [0.15, 0.2) is 24.3 Å². The molecule has 2 saturated heterocycles. The molecule has 0 unspecified atom stereocenters. The highest BCUT2D eigenvalue weighted by molar-refractivity contribution is 6.05. The Bertz CT molecular complexity index is 769. The van der Waals surface area contributed by atoms with Gasteiger partial charge in [0.15, 0.2) is 0 Å². The fraction of sp³-hybridized carbons (Fsp3) is 0.591. The summed E-state index contributed by atoms with van der Waals surface area (Å²) in [6.07, 6.45) is 6.65. The summed E-state index contributed by atoms with van der Waals surface area (Å²) in [5.41, 5.74) is 0.907. The number of likely N-dealkylation sites (tertiary alicyclic amines) is 1. The van der Waals surface area contributed by atoms with Gasteiger partial charge in [0.2, 0.25) is 11.8 Å². The number of rotatable bonds is 6. The third kappa shape index (κ3) is 4.61. The summed E-state index contributed by atoms with van der Waals surface area (Å²) >= 11 is 0. The van der Waals surface area contributed by atoms with Gasteiger partial charge >= 0.3 is 0 Å². The van der Waals surface area contributed by atoms with Crippen LogP contribution in [0.25, 0.3) is 0 Å². The van der Waals surface area contributed by atoms with Crippen LogP contribution in [-0.4, -0.2) is 54.5 Å². The van der Waals surface area contributed by atoms with Crippen LogP contribution in [0.5, 0.6) is 0 Å². The van der Waals surface area contributed by atoms with Gasteiger partial charge in [0, 0.05) is 32.2 Å². The second-order valence-corrected chi connectivity index (χ2v) is 8.27. The molecule has 0 radical (unpaired) electrons. The Morgan fingerprint density at radius 3 is 2.66 bits per heavy atom. The van der Waals surface area contributed by atoms with E-state index in [-0.39, 0.29) is 42.2 Å². The van der Waals surface area contributed by atoms with Gasteiger partial charge in [-0.25, -0.2) is 0 Å². The molecule has 1 aromatic rings. The molecule has 3 aliphatic rings. The van der Waals surface area contributed by atoms with Gasteiger partial charge < -0.3 is 20.3 Å². The molecule has 1 aliphatic carbocycles.